The van der Waals surface area contributed by atoms with Crippen molar-refractivity contribution in [3.63, 3.8) is 0 Å². The summed E-state index contributed by atoms with van der Waals surface area (Å²) in [4.78, 5) is 21.6. The van der Waals surface area contributed by atoms with Crippen molar-refractivity contribution in [2.75, 3.05) is 31.1 Å². The molecule has 2 aromatic rings. The fraction of sp³-hybridized carbons (Fsp3) is 0.458. The zero-order valence-corrected chi connectivity index (χ0v) is 17.2. The minimum Gasteiger partial charge on any atom is -0.388 e. The predicted molar refractivity (Wildman–Crippen MR) is 115 cm³/mol. The summed E-state index contributed by atoms with van der Waals surface area (Å²) in [6.07, 6.45) is 4.48. The van der Waals surface area contributed by atoms with Crippen molar-refractivity contribution in [3.8, 4) is 6.07 Å². The van der Waals surface area contributed by atoms with E-state index in [0.717, 1.165) is 63.2 Å². The number of anilines is 1. The van der Waals surface area contributed by atoms with E-state index >= 15 is 0 Å². The minimum atomic E-state index is -0.452. The molecule has 1 aromatic heterocycles. The Kier molecular flexibility index (Phi) is 6.29. The second kappa shape index (κ2) is 9.27. The van der Waals surface area contributed by atoms with Crippen LogP contribution in [0.2, 0.25) is 0 Å². The lowest BCUT2D eigenvalue weighted by Crippen LogP contribution is -2.46. The number of carbonyl (C=O) groups is 1. The van der Waals surface area contributed by atoms with Crippen molar-refractivity contribution < 1.29 is 9.90 Å². The third-order valence-corrected chi connectivity index (χ3v) is 6.48. The molecule has 4 rings (SSSR count). The molecule has 1 atom stereocenters. The van der Waals surface area contributed by atoms with Crippen LogP contribution < -0.4 is 4.90 Å². The van der Waals surface area contributed by atoms with Crippen LogP contribution >= 0.6 is 0 Å². The zero-order valence-electron chi connectivity index (χ0n) is 17.2. The lowest BCUT2D eigenvalue weighted by Gasteiger charge is -2.38. The van der Waals surface area contributed by atoms with Gasteiger partial charge in [-0.3, -0.25) is 4.79 Å². The highest BCUT2D eigenvalue weighted by molar-refractivity contribution is 5.79. The van der Waals surface area contributed by atoms with Crippen LogP contribution in [0.3, 0.4) is 0 Å². The largest absolute Gasteiger partial charge is 0.388 e. The van der Waals surface area contributed by atoms with E-state index in [1.807, 2.05) is 41.3 Å². The molecule has 156 valence electrons. The van der Waals surface area contributed by atoms with E-state index < -0.39 is 6.10 Å². The molecule has 0 aliphatic carbocycles. The molecule has 30 heavy (non-hydrogen) atoms. The summed E-state index contributed by atoms with van der Waals surface area (Å²) in [6, 6.07) is 15.6. The van der Waals surface area contributed by atoms with Crippen LogP contribution in [-0.4, -0.2) is 47.1 Å². The molecule has 1 amide bonds. The Morgan fingerprint density at radius 3 is 2.33 bits per heavy atom. The SMILES string of the molecule is N#Cc1ccc(N2CCC(C(=O)N3CCC([C@@H](O)c4ccccc4)CC3)CC2)nc1. The Balaban J connectivity index is 1.26. The van der Waals surface area contributed by atoms with E-state index in [1.165, 1.54) is 0 Å². The van der Waals surface area contributed by atoms with Gasteiger partial charge in [-0.05, 0) is 49.3 Å². The number of carbonyl (C=O) groups excluding carboxylic acids is 1. The number of rotatable bonds is 4. The highest BCUT2D eigenvalue weighted by Crippen LogP contribution is 2.32. The van der Waals surface area contributed by atoms with Crippen molar-refractivity contribution in [1.82, 2.24) is 9.88 Å². The number of pyridine rings is 1. The molecule has 0 saturated carbocycles. The van der Waals surface area contributed by atoms with Gasteiger partial charge in [0.1, 0.15) is 11.9 Å². The van der Waals surface area contributed by atoms with Gasteiger partial charge in [-0.15, -0.1) is 0 Å². The molecule has 0 spiro atoms. The second-order valence-electron chi connectivity index (χ2n) is 8.30. The van der Waals surface area contributed by atoms with Gasteiger partial charge in [0.25, 0.3) is 0 Å². The van der Waals surface area contributed by atoms with Gasteiger partial charge < -0.3 is 14.9 Å². The molecule has 2 aliphatic heterocycles. The topological polar surface area (TPSA) is 80.5 Å². The first kappa shape index (κ1) is 20.4. The van der Waals surface area contributed by atoms with Gasteiger partial charge in [-0.1, -0.05) is 30.3 Å². The van der Waals surface area contributed by atoms with Gasteiger partial charge in [0.2, 0.25) is 5.91 Å². The van der Waals surface area contributed by atoms with Crippen LogP contribution in [0, 0.1) is 23.2 Å². The number of hydrogen-bond acceptors (Lipinski definition) is 5. The molecule has 0 unspecified atom stereocenters. The van der Waals surface area contributed by atoms with Crippen LogP contribution in [0.4, 0.5) is 5.82 Å². The first-order valence-corrected chi connectivity index (χ1v) is 10.8. The monoisotopic (exact) mass is 404 g/mol. The molecule has 6 heteroatoms. The first-order chi connectivity index (χ1) is 14.7. The molecule has 2 fully saturated rings. The molecule has 6 nitrogen and oxygen atoms in total. The lowest BCUT2D eigenvalue weighted by atomic mass is 9.86. The third-order valence-electron chi connectivity index (χ3n) is 6.48. The smallest absolute Gasteiger partial charge is 0.225 e. The molecule has 3 heterocycles. The zero-order chi connectivity index (χ0) is 20.9. The van der Waals surface area contributed by atoms with Crippen LogP contribution in [0.5, 0.6) is 0 Å². The summed E-state index contributed by atoms with van der Waals surface area (Å²) in [5, 5.41) is 19.6. The summed E-state index contributed by atoms with van der Waals surface area (Å²) >= 11 is 0. The number of benzene rings is 1. The number of nitrogens with zero attached hydrogens (tertiary/aromatic N) is 4. The molecular weight excluding hydrogens is 376 g/mol. The van der Waals surface area contributed by atoms with E-state index in [1.54, 1.807) is 12.3 Å². The van der Waals surface area contributed by atoms with Crippen molar-refractivity contribution in [1.29, 1.82) is 5.26 Å². The molecule has 0 radical (unpaired) electrons. The van der Waals surface area contributed by atoms with Crippen molar-refractivity contribution in [2.24, 2.45) is 11.8 Å². The maximum atomic E-state index is 13.0. The Morgan fingerprint density at radius 1 is 1.03 bits per heavy atom. The van der Waals surface area contributed by atoms with Crippen LogP contribution in [0.15, 0.2) is 48.7 Å². The van der Waals surface area contributed by atoms with Crippen LogP contribution in [-0.2, 0) is 4.79 Å². The van der Waals surface area contributed by atoms with Gasteiger partial charge in [-0.25, -0.2) is 4.98 Å². The van der Waals surface area contributed by atoms with Crippen molar-refractivity contribution in [3.05, 3.63) is 59.8 Å². The fourth-order valence-electron chi connectivity index (χ4n) is 4.61. The van der Waals surface area contributed by atoms with Gasteiger partial charge in [0, 0.05) is 38.3 Å². The molecule has 1 aromatic carbocycles. The van der Waals surface area contributed by atoms with Crippen molar-refractivity contribution in [2.45, 2.75) is 31.8 Å². The maximum Gasteiger partial charge on any atom is 0.225 e. The van der Waals surface area contributed by atoms with E-state index in [9.17, 15) is 9.90 Å². The van der Waals surface area contributed by atoms with E-state index in [-0.39, 0.29) is 17.7 Å². The summed E-state index contributed by atoms with van der Waals surface area (Å²) in [5.74, 6) is 1.40. The third kappa shape index (κ3) is 4.47. The van der Waals surface area contributed by atoms with Crippen LogP contribution in [0.1, 0.15) is 42.9 Å². The van der Waals surface area contributed by atoms with Gasteiger partial charge in [0.15, 0.2) is 0 Å². The number of amides is 1. The Hall–Kier alpha value is -2.91. The number of aliphatic hydroxyl groups is 1. The Morgan fingerprint density at radius 2 is 1.73 bits per heavy atom. The summed E-state index contributed by atoms with van der Waals surface area (Å²) < 4.78 is 0. The highest BCUT2D eigenvalue weighted by atomic mass is 16.3. The predicted octanol–water partition coefficient (Wildman–Crippen LogP) is 3.14. The molecule has 2 saturated heterocycles. The number of likely N-dealkylation sites (tertiary alicyclic amines) is 1. The van der Waals surface area contributed by atoms with Crippen LogP contribution in [0.25, 0.3) is 0 Å². The summed E-state index contributed by atoms with van der Waals surface area (Å²) in [7, 11) is 0. The fourth-order valence-corrected chi connectivity index (χ4v) is 4.61. The normalized spacial score (nSPS) is 19.3. The van der Waals surface area contributed by atoms with Gasteiger partial charge in [0.05, 0.1) is 11.7 Å². The number of hydrogen-bond donors (Lipinski definition) is 1. The number of piperidine rings is 2. The van der Waals surface area contributed by atoms with Crippen molar-refractivity contribution >= 4 is 11.7 Å². The van der Waals surface area contributed by atoms with Gasteiger partial charge >= 0.3 is 0 Å². The van der Waals surface area contributed by atoms with Gasteiger partial charge in [-0.2, -0.15) is 5.26 Å². The summed E-state index contributed by atoms with van der Waals surface area (Å²) in [6.45, 7) is 3.06. The lowest BCUT2D eigenvalue weighted by molar-refractivity contribution is -0.138. The number of aliphatic hydroxyl groups excluding tert-OH is 1. The van der Waals surface area contributed by atoms with E-state index in [0.29, 0.717) is 5.56 Å². The summed E-state index contributed by atoms with van der Waals surface area (Å²) in [5.41, 5.74) is 1.52. The first-order valence-electron chi connectivity index (χ1n) is 10.8. The van der Waals surface area contributed by atoms with E-state index in [4.69, 9.17) is 5.26 Å². The van der Waals surface area contributed by atoms with E-state index in [2.05, 4.69) is 16.0 Å². The molecular formula is C24H28N4O2. The number of aromatic nitrogens is 1. The average Bonchev–Trinajstić information content (AvgIpc) is 2.84. The highest BCUT2D eigenvalue weighted by Gasteiger charge is 2.33. The maximum absolute atomic E-state index is 13.0. The Labute approximate surface area is 177 Å². The molecule has 0 bridgehead atoms. The standard InChI is InChI=1S/C24H28N4O2/c25-16-18-6-7-22(26-17-18)27-12-10-21(11-13-27)24(30)28-14-8-20(9-15-28)23(29)19-4-2-1-3-5-19/h1-7,17,20-21,23,29H,8-15H2/t23-/m0/s1. The number of nitriles is 1. The quantitative estimate of drug-likeness (QED) is 0.847. The Bertz CT molecular complexity index is 878. The minimum absolute atomic E-state index is 0.0650. The second-order valence-corrected chi connectivity index (χ2v) is 8.30. The average molecular weight is 405 g/mol. The molecule has 2 aliphatic rings. The molecule has 1 N–H and O–H groups in total.